The fourth-order valence-corrected chi connectivity index (χ4v) is 4.16. The fourth-order valence-electron chi connectivity index (χ4n) is 2.79. The number of carboxylic acids is 1. The summed E-state index contributed by atoms with van der Waals surface area (Å²) < 4.78 is 6.88. The van der Waals surface area contributed by atoms with E-state index < -0.39 is 5.97 Å². The highest BCUT2D eigenvalue weighted by molar-refractivity contribution is 7.19. The second-order valence-corrected chi connectivity index (χ2v) is 7.93. The summed E-state index contributed by atoms with van der Waals surface area (Å²) in [6.07, 6.45) is 1.54. The van der Waals surface area contributed by atoms with E-state index in [9.17, 15) is 9.90 Å². The summed E-state index contributed by atoms with van der Waals surface area (Å²) in [5.74, 6) is 0.134. The zero-order chi connectivity index (χ0) is 19.7. The van der Waals surface area contributed by atoms with Crippen molar-refractivity contribution in [2.24, 2.45) is 0 Å². The molecule has 7 heteroatoms. The first kappa shape index (κ1) is 18.7. The van der Waals surface area contributed by atoms with Gasteiger partial charge in [-0.1, -0.05) is 35.3 Å². The van der Waals surface area contributed by atoms with Gasteiger partial charge in [-0.2, -0.15) is 0 Å². The van der Waals surface area contributed by atoms with Crippen LogP contribution in [-0.2, 0) is 4.79 Å². The predicted molar refractivity (Wildman–Crippen MR) is 114 cm³/mol. The molecular weight excluding hydrogens is 417 g/mol. The monoisotopic (exact) mass is 429 g/mol. The lowest BCUT2D eigenvalue weighted by molar-refractivity contribution is -0.135. The Morgan fingerprint density at radius 2 is 1.96 bits per heavy atom. The number of nitrogens with zero attached hydrogens (tertiary/aromatic N) is 1. The number of carbonyl (C=O) groups is 1. The molecule has 0 amide bonds. The van der Waals surface area contributed by atoms with Gasteiger partial charge in [-0.25, -0.2) is 4.98 Å². The summed E-state index contributed by atoms with van der Waals surface area (Å²) in [6.45, 7) is 0. The molecule has 2 aromatic heterocycles. The molecule has 0 bridgehead atoms. The first-order valence-electron chi connectivity index (χ1n) is 8.33. The Hall–Kier alpha value is -2.60. The second-order valence-electron chi connectivity index (χ2n) is 6.05. The van der Waals surface area contributed by atoms with E-state index in [1.54, 1.807) is 36.4 Å². The number of halogens is 2. The van der Waals surface area contributed by atoms with Gasteiger partial charge in [0.25, 0.3) is 0 Å². The van der Waals surface area contributed by atoms with Gasteiger partial charge >= 0.3 is 5.97 Å². The van der Waals surface area contributed by atoms with Crippen molar-refractivity contribution >= 4 is 62.4 Å². The second kappa shape index (κ2) is 7.80. The molecular formula is C21H13Cl2NO3S. The Morgan fingerprint density at radius 3 is 2.75 bits per heavy atom. The molecule has 0 spiro atoms. The minimum Gasteiger partial charge on any atom is -0.481 e. The summed E-state index contributed by atoms with van der Waals surface area (Å²) in [5, 5.41) is 11.0. The van der Waals surface area contributed by atoms with Crippen LogP contribution in [0.25, 0.3) is 33.2 Å². The van der Waals surface area contributed by atoms with Gasteiger partial charge in [0.15, 0.2) is 0 Å². The molecule has 0 saturated carbocycles. The van der Waals surface area contributed by atoms with E-state index in [4.69, 9.17) is 27.6 Å². The normalized spacial score (nSPS) is 11.9. The fraction of sp³-hybridized carbons (Fsp3) is 0.0476. The molecule has 4 nitrogen and oxygen atoms in total. The quantitative estimate of drug-likeness (QED) is 0.375. The molecule has 0 atom stereocenters. The molecule has 4 rings (SSSR count). The average molecular weight is 430 g/mol. The van der Waals surface area contributed by atoms with E-state index in [0.717, 1.165) is 10.2 Å². The van der Waals surface area contributed by atoms with E-state index in [1.807, 2.05) is 24.3 Å². The number of thiazole rings is 1. The maximum absolute atomic E-state index is 11.4. The molecule has 2 heterocycles. The molecule has 2 aromatic carbocycles. The van der Waals surface area contributed by atoms with E-state index in [-0.39, 0.29) is 6.42 Å². The van der Waals surface area contributed by atoms with Crippen LogP contribution in [0.3, 0.4) is 0 Å². The van der Waals surface area contributed by atoms with Crippen molar-refractivity contribution in [2.75, 3.05) is 0 Å². The number of para-hydroxylation sites is 1. The summed E-state index contributed by atoms with van der Waals surface area (Å²) in [7, 11) is 0. The number of benzene rings is 2. The van der Waals surface area contributed by atoms with Gasteiger partial charge in [-0.05, 0) is 48.5 Å². The van der Waals surface area contributed by atoms with Gasteiger partial charge in [0.1, 0.15) is 16.5 Å². The largest absolute Gasteiger partial charge is 0.481 e. The van der Waals surface area contributed by atoms with Crippen LogP contribution in [0.2, 0.25) is 10.0 Å². The van der Waals surface area contributed by atoms with E-state index in [1.165, 1.54) is 11.3 Å². The van der Waals surface area contributed by atoms with E-state index in [0.29, 0.717) is 37.7 Å². The van der Waals surface area contributed by atoms with Crippen LogP contribution in [-0.4, -0.2) is 16.1 Å². The number of carboxylic acid groups (broad SMARTS) is 1. The number of hydrogen-bond donors (Lipinski definition) is 1. The number of furan rings is 1. The van der Waals surface area contributed by atoms with Gasteiger partial charge in [0.05, 0.1) is 21.7 Å². The Bertz CT molecular complexity index is 1180. The summed E-state index contributed by atoms with van der Waals surface area (Å²) in [5.41, 5.74) is 2.09. The molecule has 4 aromatic rings. The highest BCUT2D eigenvalue weighted by atomic mass is 35.5. The molecule has 0 aliphatic carbocycles. The first-order chi connectivity index (χ1) is 13.5. The van der Waals surface area contributed by atoms with Crippen LogP contribution in [0.1, 0.15) is 17.2 Å². The Balaban J connectivity index is 1.74. The average Bonchev–Trinajstić information content (AvgIpc) is 3.29. The Labute approximate surface area is 174 Å². The maximum Gasteiger partial charge on any atom is 0.307 e. The summed E-state index contributed by atoms with van der Waals surface area (Å²) >= 11 is 13.7. The molecule has 0 saturated heterocycles. The highest BCUT2D eigenvalue weighted by Gasteiger charge is 2.14. The van der Waals surface area contributed by atoms with Crippen LogP contribution < -0.4 is 0 Å². The molecule has 140 valence electrons. The van der Waals surface area contributed by atoms with Crippen molar-refractivity contribution in [1.29, 1.82) is 0 Å². The number of hydrogen-bond acceptors (Lipinski definition) is 4. The lowest BCUT2D eigenvalue weighted by atomic mass is 10.1. The van der Waals surface area contributed by atoms with Gasteiger partial charge in [-0.3, -0.25) is 4.79 Å². The smallest absolute Gasteiger partial charge is 0.307 e. The van der Waals surface area contributed by atoms with E-state index in [2.05, 4.69) is 4.98 Å². The lowest BCUT2D eigenvalue weighted by Crippen LogP contribution is -1.96. The topological polar surface area (TPSA) is 63.3 Å². The minimum absolute atomic E-state index is 0.159. The van der Waals surface area contributed by atoms with Crippen molar-refractivity contribution in [3.05, 3.63) is 75.4 Å². The van der Waals surface area contributed by atoms with Crippen molar-refractivity contribution in [1.82, 2.24) is 4.98 Å². The standard InChI is InChI=1S/C21H13Cl2NO3S/c22-13-5-7-16(23)15(11-13)18-8-6-14(27-18)9-12(10-20(25)26)21-24-17-3-1-2-4-19(17)28-21/h1-9,11H,10H2,(H,25,26)/b12-9+. The molecule has 0 radical (unpaired) electrons. The third kappa shape index (κ3) is 3.97. The van der Waals surface area contributed by atoms with Gasteiger partial charge < -0.3 is 9.52 Å². The van der Waals surface area contributed by atoms with Crippen molar-refractivity contribution < 1.29 is 14.3 Å². The molecule has 0 unspecified atom stereocenters. The zero-order valence-corrected chi connectivity index (χ0v) is 16.7. The number of fused-ring (bicyclic) bond motifs is 1. The first-order valence-corrected chi connectivity index (χ1v) is 9.90. The van der Waals surface area contributed by atoms with Gasteiger partial charge in [0, 0.05) is 16.2 Å². The number of aliphatic carboxylic acids is 1. The Morgan fingerprint density at radius 1 is 1.14 bits per heavy atom. The maximum atomic E-state index is 11.4. The van der Waals surface area contributed by atoms with Crippen LogP contribution in [0.4, 0.5) is 0 Å². The molecule has 0 aliphatic heterocycles. The van der Waals surface area contributed by atoms with Crippen LogP contribution in [0, 0.1) is 0 Å². The molecule has 0 fully saturated rings. The van der Waals surface area contributed by atoms with Crippen LogP contribution in [0.15, 0.2) is 59.0 Å². The highest BCUT2D eigenvalue weighted by Crippen LogP contribution is 2.34. The van der Waals surface area contributed by atoms with Crippen LogP contribution >= 0.6 is 34.5 Å². The zero-order valence-electron chi connectivity index (χ0n) is 14.4. The SMILES string of the molecule is O=C(O)C/C(=C\c1ccc(-c2cc(Cl)ccc2Cl)o1)c1nc2ccccc2s1. The predicted octanol–water partition coefficient (Wildman–Crippen LogP) is 6.88. The number of rotatable bonds is 5. The third-order valence-corrected chi connectivity index (χ3v) is 5.72. The number of aromatic nitrogens is 1. The molecule has 1 N–H and O–H groups in total. The molecule has 28 heavy (non-hydrogen) atoms. The summed E-state index contributed by atoms with van der Waals surface area (Å²) in [6, 6.07) is 16.4. The van der Waals surface area contributed by atoms with Gasteiger partial charge in [0.2, 0.25) is 0 Å². The minimum atomic E-state index is -0.935. The van der Waals surface area contributed by atoms with Crippen molar-refractivity contribution in [3.8, 4) is 11.3 Å². The third-order valence-electron chi connectivity index (χ3n) is 4.05. The Kier molecular flexibility index (Phi) is 5.22. The van der Waals surface area contributed by atoms with Crippen molar-refractivity contribution in [2.45, 2.75) is 6.42 Å². The van der Waals surface area contributed by atoms with E-state index >= 15 is 0 Å². The van der Waals surface area contributed by atoms with Gasteiger partial charge in [-0.15, -0.1) is 11.3 Å². The summed E-state index contributed by atoms with van der Waals surface area (Å²) in [4.78, 5) is 15.9. The molecule has 0 aliphatic rings. The van der Waals surface area contributed by atoms with Crippen LogP contribution in [0.5, 0.6) is 0 Å². The van der Waals surface area contributed by atoms with Crippen molar-refractivity contribution in [3.63, 3.8) is 0 Å². The lowest BCUT2D eigenvalue weighted by Gasteiger charge is -2.02.